The van der Waals surface area contributed by atoms with E-state index in [9.17, 15) is 17.8 Å². The quantitative estimate of drug-likeness (QED) is 0.562. The van der Waals surface area contributed by atoms with Gasteiger partial charge in [0.15, 0.2) is 0 Å². The second-order valence-electron chi connectivity index (χ2n) is 5.92. The summed E-state index contributed by atoms with van der Waals surface area (Å²) in [5, 5.41) is 5.39. The molecule has 0 N–H and O–H groups in total. The van der Waals surface area contributed by atoms with Crippen molar-refractivity contribution in [1.82, 2.24) is 0 Å². The molecule has 1 aliphatic rings. The SMILES string of the molecule is COc1ccc(/C=C2\C(=O)N(c3ccc(S(=O)(=O)[O-])cc3)N=C2C)c(OC)c1. The molecule has 146 valence electrons. The monoisotopic (exact) mass is 401 g/mol. The third-order valence-electron chi connectivity index (χ3n) is 4.17. The summed E-state index contributed by atoms with van der Waals surface area (Å²) in [6.07, 6.45) is 1.66. The first kappa shape index (κ1) is 19.6. The molecule has 0 unspecified atom stereocenters. The largest absolute Gasteiger partial charge is 0.744 e. The highest BCUT2D eigenvalue weighted by atomic mass is 32.2. The molecule has 1 amide bonds. The number of ether oxygens (including phenoxy) is 2. The molecule has 28 heavy (non-hydrogen) atoms. The van der Waals surface area contributed by atoms with E-state index in [0.29, 0.717) is 34.0 Å². The molecule has 9 heteroatoms. The van der Waals surface area contributed by atoms with Gasteiger partial charge in [-0.3, -0.25) is 4.79 Å². The van der Waals surface area contributed by atoms with Gasteiger partial charge in [0.2, 0.25) is 0 Å². The first-order chi connectivity index (χ1) is 13.2. The molecule has 0 bridgehead atoms. The number of carbonyl (C=O) groups excluding carboxylic acids is 1. The molecule has 0 spiro atoms. The molecular formula is C19H17N2O6S-. The van der Waals surface area contributed by atoms with Gasteiger partial charge in [-0.05, 0) is 49.4 Å². The Morgan fingerprint density at radius 2 is 1.75 bits per heavy atom. The second kappa shape index (κ2) is 7.45. The molecule has 1 aliphatic heterocycles. The van der Waals surface area contributed by atoms with Gasteiger partial charge < -0.3 is 14.0 Å². The van der Waals surface area contributed by atoms with Gasteiger partial charge >= 0.3 is 0 Å². The van der Waals surface area contributed by atoms with Crippen LogP contribution in [0.1, 0.15) is 12.5 Å². The number of rotatable bonds is 5. The topological polar surface area (TPSA) is 108 Å². The van der Waals surface area contributed by atoms with Crippen LogP contribution in [0.2, 0.25) is 0 Å². The molecule has 3 rings (SSSR count). The molecule has 8 nitrogen and oxygen atoms in total. The van der Waals surface area contributed by atoms with Gasteiger partial charge in [-0.25, -0.2) is 8.42 Å². The van der Waals surface area contributed by atoms with E-state index in [-0.39, 0.29) is 10.8 Å². The Kier molecular flexibility index (Phi) is 5.21. The van der Waals surface area contributed by atoms with Crippen LogP contribution in [0.4, 0.5) is 5.69 Å². The van der Waals surface area contributed by atoms with E-state index in [0.717, 1.165) is 17.1 Å². The average Bonchev–Trinajstić information content (AvgIpc) is 2.96. The van der Waals surface area contributed by atoms with Crippen LogP contribution in [0.15, 0.2) is 58.0 Å². The zero-order valence-electron chi connectivity index (χ0n) is 15.4. The van der Waals surface area contributed by atoms with Crippen molar-refractivity contribution in [3.63, 3.8) is 0 Å². The molecule has 0 aromatic heterocycles. The molecular weight excluding hydrogens is 384 g/mol. The van der Waals surface area contributed by atoms with E-state index in [1.165, 1.54) is 19.2 Å². The van der Waals surface area contributed by atoms with Gasteiger partial charge in [0.25, 0.3) is 5.91 Å². The first-order valence-electron chi connectivity index (χ1n) is 8.14. The maximum Gasteiger partial charge on any atom is 0.280 e. The van der Waals surface area contributed by atoms with Crippen LogP contribution in [-0.4, -0.2) is 38.8 Å². The Morgan fingerprint density at radius 1 is 1.07 bits per heavy atom. The third kappa shape index (κ3) is 3.75. The van der Waals surface area contributed by atoms with Crippen molar-refractivity contribution in [1.29, 1.82) is 0 Å². The molecule has 0 radical (unpaired) electrons. The lowest BCUT2D eigenvalue weighted by molar-refractivity contribution is -0.114. The summed E-state index contributed by atoms with van der Waals surface area (Å²) in [4.78, 5) is 12.5. The number of hydrazone groups is 1. The smallest absolute Gasteiger partial charge is 0.280 e. The van der Waals surface area contributed by atoms with Crippen LogP contribution in [-0.2, 0) is 14.9 Å². The van der Waals surface area contributed by atoms with E-state index in [2.05, 4.69) is 5.10 Å². The number of hydrogen-bond acceptors (Lipinski definition) is 7. The Morgan fingerprint density at radius 3 is 2.32 bits per heavy atom. The molecule has 0 aliphatic carbocycles. The summed E-state index contributed by atoms with van der Waals surface area (Å²) in [5.41, 5.74) is 1.88. The van der Waals surface area contributed by atoms with Crippen molar-refractivity contribution in [2.45, 2.75) is 11.8 Å². The second-order valence-corrected chi connectivity index (χ2v) is 7.30. The summed E-state index contributed by atoms with van der Waals surface area (Å²) in [6, 6.07) is 10.2. The summed E-state index contributed by atoms with van der Waals surface area (Å²) in [5.74, 6) is 0.779. The third-order valence-corrected chi connectivity index (χ3v) is 5.02. The fourth-order valence-corrected chi connectivity index (χ4v) is 3.18. The molecule has 2 aromatic carbocycles. The lowest BCUT2D eigenvalue weighted by Crippen LogP contribution is -2.21. The fourth-order valence-electron chi connectivity index (χ4n) is 2.71. The number of carbonyl (C=O) groups is 1. The highest BCUT2D eigenvalue weighted by Crippen LogP contribution is 2.30. The van der Waals surface area contributed by atoms with Crippen LogP contribution < -0.4 is 14.5 Å². The van der Waals surface area contributed by atoms with Crippen LogP contribution >= 0.6 is 0 Å². The van der Waals surface area contributed by atoms with Crippen molar-refractivity contribution in [2.75, 3.05) is 19.2 Å². The number of amides is 1. The minimum atomic E-state index is -4.56. The summed E-state index contributed by atoms with van der Waals surface area (Å²) in [7, 11) is -1.49. The maximum absolute atomic E-state index is 12.8. The molecule has 1 heterocycles. The summed E-state index contributed by atoms with van der Waals surface area (Å²) >= 11 is 0. The molecule has 0 saturated heterocycles. The average molecular weight is 401 g/mol. The normalized spacial score (nSPS) is 15.7. The highest BCUT2D eigenvalue weighted by Gasteiger charge is 2.29. The van der Waals surface area contributed by atoms with E-state index in [4.69, 9.17) is 9.47 Å². The van der Waals surface area contributed by atoms with Crippen molar-refractivity contribution >= 4 is 33.5 Å². The van der Waals surface area contributed by atoms with Crippen LogP contribution in [0.5, 0.6) is 11.5 Å². The zero-order valence-corrected chi connectivity index (χ0v) is 16.2. The molecule has 2 aromatic rings. The zero-order chi connectivity index (χ0) is 20.5. The van der Waals surface area contributed by atoms with Gasteiger partial charge in [0.05, 0.1) is 36.1 Å². The lowest BCUT2D eigenvalue weighted by atomic mass is 10.1. The standard InChI is InChI=1S/C19H18N2O6S/c1-12-17(10-13-4-7-15(26-2)11-18(13)27-3)19(22)21(20-12)14-5-8-16(9-6-14)28(23,24)25/h4-11H,1-3H3,(H,23,24,25)/p-1/b17-10-. The predicted molar refractivity (Wildman–Crippen MR) is 103 cm³/mol. The van der Waals surface area contributed by atoms with Gasteiger partial charge in [0.1, 0.15) is 21.6 Å². The van der Waals surface area contributed by atoms with Crippen LogP contribution in [0.3, 0.4) is 0 Å². The lowest BCUT2D eigenvalue weighted by Gasteiger charge is -2.13. The van der Waals surface area contributed by atoms with E-state index in [1.807, 2.05) is 0 Å². The van der Waals surface area contributed by atoms with Crippen molar-refractivity contribution in [2.24, 2.45) is 5.10 Å². The van der Waals surface area contributed by atoms with Gasteiger partial charge in [-0.2, -0.15) is 10.1 Å². The summed E-state index contributed by atoms with van der Waals surface area (Å²) < 4.78 is 43.7. The van der Waals surface area contributed by atoms with Crippen molar-refractivity contribution < 1.29 is 27.2 Å². The van der Waals surface area contributed by atoms with Crippen molar-refractivity contribution in [3.05, 3.63) is 53.6 Å². The van der Waals surface area contributed by atoms with E-state index in [1.54, 1.807) is 38.3 Å². The Labute approximate surface area is 162 Å². The number of nitrogens with zero attached hydrogens (tertiary/aromatic N) is 2. The van der Waals surface area contributed by atoms with Crippen LogP contribution in [0, 0.1) is 0 Å². The predicted octanol–water partition coefficient (Wildman–Crippen LogP) is 2.41. The van der Waals surface area contributed by atoms with Crippen molar-refractivity contribution in [3.8, 4) is 11.5 Å². The minimum absolute atomic E-state index is 0.349. The van der Waals surface area contributed by atoms with Gasteiger partial charge in [-0.15, -0.1) is 0 Å². The Hall–Kier alpha value is -3.17. The number of hydrogen-bond donors (Lipinski definition) is 0. The Balaban J connectivity index is 1.94. The minimum Gasteiger partial charge on any atom is -0.744 e. The maximum atomic E-state index is 12.8. The van der Waals surface area contributed by atoms with Gasteiger partial charge in [0, 0.05) is 11.6 Å². The van der Waals surface area contributed by atoms with E-state index >= 15 is 0 Å². The van der Waals surface area contributed by atoms with Crippen LogP contribution in [0.25, 0.3) is 6.08 Å². The molecule has 0 fully saturated rings. The molecule has 0 saturated carbocycles. The number of anilines is 1. The number of benzene rings is 2. The molecule has 0 atom stereocenters. The first-order valence-corrected chi connectivity index (χ1v) is 9.55. The summed E-state index contributed by atoms with van der Waals surface area (Å²) in [6.45, 7) is 1.69. The fraction of sp³-hybridized carbons (Fsp3) is 0.158. The number of methoxy groups -OCH3 is 2. The highest BCUT2D eigenvalue weighted by molar-refractivity contribution is 7.85. The van der Waals surface area contributed by atoms with E-state index < -0.39 is 10.1 Å². The van der Waals surface area contributed by atoms with Gasteiger partial charge in [-0.1, -0.05) is 0 Å². The Bertz CT molecular complexity index is 1090.